The quantitative estimate of drug-likeness (QED) is 0.184. The first-order valence-corrected chi connectivity index (χ1v) is 16.9. The first kappa shape index (κ1) is 30.2. The number of nitriles is 1. The van der Waals surface area contributed by atoms with Gasteiger partial charge in [-0.2, -0.15) is 5.26 Å². The van der Waals surface area contributed by atoms with Gasteiger partial charge in [0.2, 0.25) is 0 Å². The van der Waals surface area contributed by atoms with Crippen molar-refractivity contribution in [3.05, 3.63) is 163 Å². The zero-order valence-corrected chi connectivity index (χ0v) is 28.0. The van der Waals surface area contributed by atoms with E-state index < -0.39 is 0 Å². The van der Waals surface area contributed by atoms with Crippen LogP contribution in [0.4, 0.5) is 0 Å². The highest BCUT2D eigenvalue weighted by Gasteiger charge is 2.36. The van der Waals surface area contributed by atoms with Gasteiger partial charge in [-0.15, -0.1) is 0 Å². The molecule has 6 nitrogen and oxygen atoms in total. The van der Waals surface area contributed by atoms with Crippen LogP contribution in [0.15, 0.2) is 146 Å². The fraction of sp³-hybridized carbons (Fsp3) is 0.0667. The van der Waals surface area contributed by atoms with Crippen molar-refractivity contribution < 1.29 is 0 Å². The Labute approximate surface area is 295 Å². The van der Waals surface area contributed by atoms with Crippen LogP contribution in [-0.4, -0.2) is 24.9 Å². The van der Waals surface area contributed by atoms with Gasteiger partial charge in [-0.1, -0.05) is 92.7 Å². The fourth-order valence-corrected chi connectivity index (χ4v) is 7.13. The maximum Gasteiger partial charge on any atom is 0.164 e. The second kappa shape index (κ2) is 11.9. The smallest absolute Gasteiger partial charge is 0.164 e. The SMILES string of the molecule is CC1(C)c2cc(C#N)ccc2-c2ccc(-c3cc(-c4cnc5cccnc5c4)cc(-c4nc(-c5ccccc5)nc(-c5ccccc5)n4)c3)cc21. The summed E-state index contributed by atoms with van der Waals surface area (Å²) in [4.78, 5) is 24.4. The maximum absolute atomic E-state index is 9.64. The molecule has 0 saturated carbocycles. The lowest BCUT2D eigenvalue weighted by atomic mass is 9.81. The topological polar surface area (TPSA) is 88.2 Å². The Morgan fingerprint density at radius 1 is 0.471 bits per heavy atom. The van der Waals surface area contributed by atoms with E-state index in [1.807, 2.05) is 91.1 Å². The van der Waals surface area contributed by atoms with Crippen LogP contribution in [0.25, 0.3) is 78.6 Å². The molecule has 1 aliphatic carbocycles. The first-order chi connectivity index (χ1) is 24.9. The first-order valence-electron chi connectivity index (χ1n) is 16.9. The minimum atomic E-state index is -0.273. The third-order valence-electron chi connectivity index (χ3n) is 9.81. The van der Waals surface area contributed by atoms with E-state index in [0.717, 1.165) is 50.0 Å². The molecule has 3 aromatic heterocycles. The molecule has 0 saturated heterocycles. The van der Waals surface area contributed by atoms with Crippen LogP contribution in [0.2, 0.25) is 0 Å². The van der Waals surface area contributed by atoms with Gasteiger partial charge < -0.3 is 0 Å². The largest absolute Gasteiger partial charge is 0.255 e. The third-order valence-corrected chi connectivity index (χ3v) is 9.81. The highest BCUT2D eigenvalue weighted by molar-refractivity contribution is 5.87. The van der Waals surface area contributed by atoms with Crippen molar-refractivity contribution in [2.75, 3.05) is 0 Å². The summed E-state index contributed by atoms with van der Waals surface area (Å²) in [6.07, 6.45) is 3.70. The van der Waals surface area contributed by atoms with Crippen molar-refractivity contribution in [3.63, 3.8) is 0 Å². The molecule has 0 fully saturated rings. The summed E-state index contributed by atoms with van der Waals surface area (Å²) < 4.78 is 0. The predicted molar refractivity (Wildman–Crippen MR) is 202 cm³/mol. The molecule has 0 radical (unpaired) electrons. The summed E-state index contributed by atoms with van der Waals surface area (Å²) in [6.45, 7) is 4.47. The van der Waals surface area contributed by atoms with E-state index in [9.17, 15) is 5.26 Å². The standard InChI is InChI=1S/C45H30N6/c1-45(2)38-20-28(26-46)15-17-36(38)37-18-16-31(24-39(37)45)32-21-33(35-25-41-40(48-27-35)14-9-19-47-41)23-34(22-32)44-50-42(29-10-5-3-6-11-29)49-43(51-44)30-12-7-4-8-13-30/h3-25,27H,1-2H3. The molecule has 0 unspecified atom stereocenters. The number of benzene rings is 5. The molecule has 0 atom stereocenters. The summed E-state index contributed by atoms with van der Waals surface area (Å²) in [6, 6.07) is 47.5. The van der Waals surface area contributed by atoms with Crippen molar-refractivity contribution in [2.24, 2.45) is 0 Å². The Kier molecular flexibility index (Phi) is 7.08. The number of hydrogen-bond donors (Lipinski definition) is 0. The molecule has 3 heterocycles. The van der Waals surface area contributed by atoms with Gasteiger partial charge in [0.15, 0.2) is 17.5 Å². The molecule has 1 aliphatic rings. The number of pyridine rings is 2. The van der Waals surface area contributed by atoms with Gasteiger partial charge in [0.25, 0.3) is 0 Å². The molecule has 9 rings (SSSR count). The Balaban J connectivity index is 1.25. The van der Waals surface area contributed by atoms with Gasteiger partial charge in [0.1, 0.15) is 0 Å². The Bertz CT molecular complexity index is 2620. The van der Waals surface area contributed by atoms with Gasteiger partial charge in [-0.3, -0.25) is 9.97 Å². The minimum Gasteiger partial charge on any atom is -0.255 e. The van der Waals surface area contributed by atoms with Crippen molar-refractivity contribution >= 4 is 11.0 Å². The molecular weight excluding hydrogens is 625 g/mol. The van der Waals surface area contributed by atoms with E-state index >= 15 is 0 Å². The average molecular weight is 655 g/mol. The zero-order valence-electron chi connectivity index (χ0n) is 28.0. The molecule has 8 aromatic rings. The Hall–Kier alpha value is -6.84. The molecular formula is C45H30N6. The number of fused-ring (bicyclic) bond motifs is 4. The lowest BCUT2D eigenvalue weighted by molar-refractivity contribution is 0.660. The van der Waals surface area contributed by atoms with Crippen LogP contribution in [0.3, 0.4) is 0 Å². The lowest BCUT2D eigenvalue weighted by Gasteiger charge is -2.22. The number of aromatic nitrogens is 5. The van der Waals surface area contributed by atoms with Gasteiger partial charge in [-0.05, 0) is 93.5 Å². The summed E-state index contributed by atoms with van der Waals surface area (Å²) >= 11 is 0. The van der Waals surface area contributed by atoms with E-state index in [0.29, 0.717) is 23.0 Å². The van der Waals surface area contributed by atoms with Crippen LogP contribution in [0.5, 0.6) is 0 Å². The summed E-state index contributed by atoms with van der Waals surface area (Å²) in [5.41, 5.74) is 13.6. The Morgan fingerprint density at radius 2 is 1.06 bits per heavy atom. The van der Waals surface area contributed by atoms with Crippen LogP contribution in [-0.2, 0) is 5.41 Å². The molecule has 0 N–H and O–H groups in total. The predicted octanol–water partition coefficient (Wildman–Crippen LogP) is 10.3. The fourth-order valence-electron chi connectivity index (χ4n) is 7.13. The number of nitrogens with zero attached hydrogens (tertiary/aromatic N) is 6. The van der Waals surface area contributed by atoms with Crippen molar-refractivity contribution in [1.29, 1.82) is 5.26 Å². The molecule has 240 valence electrons. The van der Waals surface area contributed by atoms with Crippen LogP contribution in [0.1, 0.15) is 30.5 Å². The lowest BCUT2D eigenvalue weighted by Crippen LogP contribution is -2.15. The van der Waals surface area contributed by atoms with Gasteiger partial charge in [0, 0.05) is 40.1 Å². The highest BCUT2D eigenvalue weighted by Crippen LogP contribution is 2.50. The van der Waals surface area contributed by atoms with E-state index in [-0.39, 0.29) is 5.41 Å². The third kappa shape index (κ3) is 5.33. The summed E-state index contributed by atoms with van der Waals surface area (Å²) in [5, 5.41) is 9.64. The second-order valence-corrected chi connectivity index (χ2v) is 13.4. The zero-order chi connectivity index (χ0) is 34.5. The highest BCUT2D eigenvalue weighted by atomic mass is 15.0. The van der Waals surface area contributed by atoms with E-state index in [4.69, 9.17) is 19.9 Å². The molecule has 5 aromatic carbocycles. The van der Waals surface area contributed by atoms with Crippen molar-refractivity contribution in [3.8, 4) is 73.6 Å². The average Bonchev–Trinajstić information content (AvgIpc) is 3.42. The monoisotopic (exact) mass is 654 g/mol. The maximum atomic E-state index is 9.64. The number of rotatable bonds is 5. The van der Waals surface area contributed by atoms with Gasteiger partial charge in [0.05, 0.1) is 22.7 Å². The van der Waals surface area contributed by atoms with Gasteiger partial charge in [-0.25, -0.2) is 15.0 Å². The molecule has 0 aliphatic heterocycles. The molecule has 51 heavy (non-hydrogen) atoms. The molecule has 0 bridgehead atoms. The van der Waals surface area contributed by atoms with Crippen molar-refractivity contribution in [2.45, 2.75) is 19.3 Å². The van der Waals surface area contributed by atoms with Crippen molar-refractivity contribution in [1.82, 2.24) is 24.9 Å². The summed E-state index contributed by atoms with van der Waals surface area (Å²) in [5.74, 6) is 1.80. The summed E-state index contributed by atoms with van der Waals surface area (Å²) in [7, 11) is 0. The molecule has 0 spiro atoms. The molecule has 6 heteroatoms. The molecule has 0 amide bonds. The number of hydrogen-bond acceptors (Lipinski definition) is 6. The Morgan fingerprint density at radius 3 is 1.73 bits per heavy atom. The van der Waals surface area contributed by atoms with Gasteiger partial charge >= 0.3 is 0 Å². The van der Waals surface area contributed by atoms with Crippen LogP contribution >= 0.6 is 0 Å². The van der Waals surface area contributed by atoms with Crippen LogP contribution in [0, 0.1) is 11.3 Å². The normalized spacial score (nSPS) is 12.6. The van der Waals surface area contributed by atoms with E-state index in [1.54, 1.807) is 6.20 Å². The van der Waals surface area contributed by atoms with E-state index in [1.165, 1.54) is 22.3 Å². The minimum absolute atomic E-state index is 0.273. The van der Waals surface area contributed by atoms with Crippen LogP contribution < -0.4 is 0 Å². The van der Waals surface area contributed by atoms with E-state index in [2.05, 4.69) is 73.4 Å². The second-order valence-electron chi connectivity index (χ2n) is 13.4.